The van der Waals surface area contributed by atoms with Crippen LogP contribution in [0.1, 0.15) is 61.6 Å². The predicted octanol–water partition coefficient (Wildman–Crippen LogP) is 1.80. The first-order valence-corrected chi connectivity index (χ1v) is 8.89. The monoisotopic (exact) mass is 347 g/mol. The highest BCUT2D eigenvalue weighted by Gasteiger charge is 2.30. The fourth-order valence-electron chi connectivity index (χ4n) is 3.40. The molecule has 3 rings (SSSR count). The topological polar surface area (TPSA) is 97.0 Å². The molecule has 1 unspecified atom stereocenters. The Labute approximate surface area is 146 Å². The van der Waals surface area contributed by atoms with Crippen LogP contribution in [0.4, 0.5) is 0 Å². The Balaban J connectivity index is 1.73. The van der Waals surface area contributed by atoms with Gasteiger partial charge in [0.05, 0.1) is 5.69 Å². The predicted molar refractivity (Wildman–Crippen MR) is 91.4 cm³/mol. The Morgan fingerprint density at radius 1 is 1.48 bits per heavy atom. The molecule has 0 saturated carbocycles. The second kappa shape index (κ2) is 7.25. The largest absolute Gasteiger partial charge is 0.351 e. The van der Waals surface area contributed by atoms with Crippen LogP contribution < -0.4 is 5.69 Å². The van der Waals surface area contributed by atoms with Crippen LogP contribution in [0.3, 0.4) is 0 Å². The maximum Gasteiger partial charge on any atom is 0.343 e. The van der Waals surface area contributed by atoms with Crippen molar-refractivity contribution in [3.05, 3.63) is 33.8 Å². The molecule has 8 heteroatoms. The third-order valence-corrected chi connectivity index (χ3v) is 4.56. The Morgan fingerprint density at radius 2 is 2.28 bits per heavy atom. The fourth-order valence-corrected chi connectivity index (χ4v) is 3.40. The van der Waals surface area contributed by atoms with E-state index in [1.165, 1.54) is 0 Å². The summed E-state index contributed by atoms with van der Waals surface area (Å²) in [5, 5.41) is 10.7. The molecule has 1 atom stereocenters. The van der Waals surface area contributed by atoms with Gasteiger partial charge in [0.1, 0.15) is 5.82 Å². The first kappa shape index (κ1) is 17.4. The van der Waals surface area contributed by atoms with E-state index in [1.54, 1.807) is 15.5 Å². The summed E-state index contributed by atoms with van der Waals surface area (Å²) in [7, 11) is 0. The number of hydrogen-bond donors (Lipinski definition) is 1. The fraction of sp³-hybridized carbons (Fsp3) is 0.647. The van der Waals surface area contributed by atoms with Crippen LogP contribution in [-0.4, -0.2) is 43.8 Å². The lowest BCUT2D eigenvalue weighted by Crippen LogP contribution is -2.40. The third-order valence-electron chi connectivity index (χ3n) is 4.56. The van der Waals surface area contributed by atoms with Gasteiger partial charge in [-0.25, -0.2) is 9.89 Å². The lowest BCUT2D eigenvalue weighted by molar-refractivity contribution is 0.0661. The van der Waals surface area contributed by atoms with E-state index in [9.17, 15) is 9.59 Å². The lowest BCUT2D eigenvalue weighted by Gasteiger charge is -2.31. The molecule has 0 radical (unpaired) electrons. The number of aromatic nitrogens is 4. The maximum absolute atomic E-state index is 12.7. The van der Waals surface area contributed by atoms with Gasteiger partial charge in [-0.2, -0.15) is 5.10 Å². The van der Waals surface area contributed by atoms with E-state index in [4.69, 9.17) is 4.52 Å². The molecule has 0 bridgehead atoms. The number of rotatable bonds is 5. The number of hydrogen-bond acceptors (Lipinski definition) is 5. The van der Waals surface area contributed by atoms with Crippen LogP contribution in [0.25, 0.3) is 0 Å². The van der Waals surface area contributed by atoms with Crippen molar-refractivity contribution in [3.8, 4) is 0 Å². The minimum absolute atomic E-state index is 0.0506. The third kappa shape index (κ3) is 3.67. The van der Waals surface area contributed by atoms with Gasteiger partial charge in [-0.15, -0.1) is 0 Å². The summed E-state index contributed by atoms with van der Waals surface area (Å²) in [5.74, 6) is 1.37. The smallest absolute Gasteiger partial charge is 0.343 e. The zero-order valence-electron chi connectivity index (χ0n) is 15.0. The van der Waals surface area contributed by atoms with Crippen LogP contribution >= 0.6 is 0 Å². The van der Waals surface area contributed by atoms with Crippen molar-refractivity contribution >= 4 is 5.91 Å². The summed E-state index contributed by atoms with van der Waals surface area (Å²) < 4.78 is 6.89. The minimum Gasteiger partial charge on any atom is -0.351 e. The highest BCUT2D eigenvalue weighted by atomic mass is 16.5. The number of piperidine rings is 1. The molecule has 1 amide bonds. The summed E-state index contributed by atoms with van der Waals surface area (Å²) in [6.07, 6.45) is 2.56. The standard InChI is InChI=1S/C17H25N5O3/c1-4-22-15(18-19-17(22)24)12-6-5-7-21(10-12)16(23)14-9-13(20-25-14)8-11(2)3/h9,11-12H,4-8,10H2,1-3H3,(H,19,24). The minimum atomic E-state index is -0.200. The number of carbonyl (C=O) groups is 1. The molecule has 1 aliphatic heterocycles. The lowest BCUT2D eigenvalue weighted by atomic mass is 9.97. The molecule has 25 heavy (non-hydrogen) atoms. The highest BCUT2D eigenvalue weighted by molar-refractivity contribution is 5.91. The Kier molecular flexibility index (Phi) is 5.06. The van der Waals surface area contributed by atoms with Crippen molar-refractivity contribution in [2.24, 2.45) is 5.92 Å². The average molecular weight is 347 g/mol. The molecule has 1 fully saturated rings. The summed E-state index contributed by atoms with van der Waals surface area (Å²) in [4.78, 5) is 26.3. The van der Waals surface area contributed by atoms with Crippen molar-refractivity contribution in [1.29, 1.82) is 0 Å². The van der Waals surface area contributed by atoms with E-state index in [2.05, 4.69) is 29.2 Å². The molecule has 3 heterocycles. The van der Waals surface area contributed by atoms with Crippen LogP contribution in [0.5, 0.6) is 0 Å². The van der Waals surface area contributed by atoms with Crippen molar-refractivity contribution in [1.82, 2.24) is 24.8 Å². The van der Waals surface area contributed by atoms with Crippen molar-refractivity contribution < 1.29 is 9.32 Å². The molecule has 0 aromatic carbocycles. The Morgan fingerprint density at radius 3 is 3.00 bits per heavy atom. The van der Waals surface area contributed by atoms with Gasteiger partial charge in [0.25, 0.3) is 5.91 Å². The summed E-state index contributed by atoms with van der Waals surface area (Å²) >= 11 is 0. The van der Waals surface area contributed by atoms with Gasteiger partial charge in [-0.3, -0.25) is 9.36 Å². The van der Waals surface area contributed by atoms with Crippen LogP contribution in [0, 0.1) is 5.92 Å². The molecule has 0 aliphatic carbocycles. The Bertz CT molecular complexity index is 788. The average Bonchev–Trinajstić information content (AvgIpc) is 3.20. The van der Waals surface area contributed by atoms with Crippen molar-refractivity contribution in [3.63, 3.8) is 0 Å². The van der Waals surface area contributed by atoms with Gasteiger partial charge < -0.3 is 9.42 Å². The first-order chi connectivity index (χ1) is 12.0. The number of nitrogens with zero attached hydrogens (tertiary/aromatic N) is 4. The number of H-pyrrole nitrogens is 1. The quantitative estimate of drug-likeness (QED) is 0.889. The van der Waals surface area contributed by atoms with E-state index in [1.807, 2.05) is 6.92 Å². The molecule has 1 aliphatic rings. The SMILES string of the molecule is CCn1c(C2CCCN(C(=O)c3cc(CC(C)C)no3)C2)n[nH]c1=O. The molecule has 1 saturated heterocycles. The normalized spacial score (nSPS) is 18.1. The van der Waals surface area contributed by atoms with Gasteiger partial charge in [0, 0.05) is 31.6 Å². The van der Waals surface area contributed by atoms with Crippen LogP contribution in [-0.2, 0) is 13.0 Å². The van der Waals surface area contributed by atoms with Crippen LogP contribution in [0.15, 0.2) is 15.4 Å². The number of aromatic amines is 1. The van der Waals surface area contributed by atoms with Gasteiger partial charge in [0.15, 0.2) is 0 Å². The number of carbonyl (C=O) groups excluding carboxylic acids is 1. The summed E-state index contributed by atoms with van der Waals surface area (Å²) in [6, 6.07) is 1.74. The van der Waals surface area contributed by atoms with Gasteiger partial charge >= 0.3 is 5.69 Å². The highest BCUT2D eigenvalue weighted by Crippen LogP contribution is 2.26. The molecular weight excluding hydrogens is 322 g/mol. The second-order valence-corrected chi connectivity index (χ2v) is 7.00. The van der Waals surface area contributed by atoms with E-state index in [-0.39, 0.29) is 23.3 Å². The zero-order valence-corrected chi connectivity index (χ0v) is 15.0. The molecule has 136 valence electrons. The zero-order chi connectivity index (χ0) is 18.0. The van der Waals surface area contributed by atoms with Gasteiger partial charge in [-0.05, 0) is 32.1 Å². The molecule has 2 aromatic rings. The molecule has 8 nitrogen and oxygen atoms in total. The van der Waals surface area contributed by atoms with Crippen molar-refractivity contribution in [2.75, 3.05) is 13.1 Å². The molecule has 2 aromatic heterocycles. The number of amides is 1. The summed E-state index contributed by atoms with van der Waals surface area (Å²) in [5.41, 5.74) is 0.605. The van der Waals surface area contributed by atoms with E-state index >= 15 is 0 Å². The summed E-state index contributed by atoms with van der Waals surface area (Å²) in [6.45, 7) is 7.89. The van der Waals surface area contributed by atoms with E-state index < -0.39 is 0 Å². The van der Waals surface area contributed by atoms with Gasteiger partial charge in [0.2, 0.25) is 5.76 Å². The number of nitrogens with one attached hydrogen (secondary N) is 1. The number of likely N-dealkylation sites (tertiary alicyclic amines) is 1. The molecule has 1 N–H and O–H groups in total. The Hall–Kier alpha value is -2.38. The van der Waals surface area contributed by atoms with Crippen molar-refractivity contribution in [2.45, 2.75) is 52.5 Å². The molecule has 0 spiro atoms. The van der Waals surface area contributed by atoms with E-state index in [0.717, 1.165) is 30.8 Å². The second-order valence-electron chi connectivity index (χ2n) is 7.00. The first-order valence-electron chi connectivity index (χ1n) is 8.89. The van der Waals surface area contributed by atoms with Crippen LogP contribution in [0.2, 0.25) is 0 Å². The maximum atomic E-state index is 12.7. The van der Waals surface area contributed by atoms with Gasteiger partial charge in [-0.1, -0.05) is 19.0 Å². The van der Waals surface area contributed by atoms with E-state index in [0.29, 0.717) is 25.6 Å². The molecular formula is C17H25N5O3.